The summed E-state index contributed by atoms with van der Waals surface area (Å²) in [6.07, 6.45) is 8.38. The molecule has 2 unspecified atom stereocenters. The summed E-state index contributed by atoms with van der Waals surface area (Å²) in [6, 6.07) is 1.23. The number of piperidine rings is 2. The molecule has 102 valence electrons. The molecule has 4 heteroatoms. The Morgan fingerprint density at radius 3 is 2.89 bits per heavy atom. The minimum atomic E-state index is 0.0698. The molecule has 0 radical (unpaired) electrons. The second-order valence-corrected chi connectivity index (χ2v) is 6.06. The van der Waals surface area contributed by atoms with Gasteiger partial charge in [0.25, 0.3) is 0 Å². The Morgan fingerprint density at radius 2 is 2.06 bits per heavy atom. The second kappa shape index (κ2) is 5.57. The number of nitrogens with one attached hydrogen (secondary N) is 2. The Hall–Kier alpha value is -0.610. The summed E-state index contributed by atoms with van der Waals surface area (Å²) in [5.41, 5.74) is 0. The zero-order chi connectivity index (χ0) is 12.4. The van der Waals surface area contributed by atoms with E-state index >= 15 is 0 Å². The van der Waals surface area contributed by atoms with Gasteiger partial charge in [0, 0.05) is 18.6 Å². The molecule has 4 nitrogen and oxygen atoms in total. The van der Waals surface area contributed by atoms with Gasteiger partial charge in [-0.3, -0.25) is 4.79 Å². The molecule has 3 heterocycles. The molecule has 3 aliphatic heterocycles. The van der Waals surface area contributed by atoms with E-state index in [1.807, 2.05) is 0 Å². The Kier molecular flexibility index (Phi) is 3.85. The van der Waals surface area contributed by atoms with Crippen LogP contribution >= 0.6 is 0 Å². The largest absolute Gasteiger partial charge is 0.352 e. The molecule has 1 amide bonds. The van der Waals surface area contributed by atoms with Gasteiger partial charge in [0.15, 0.2) is 0 Å². The monoisotopic (exact) mass is 251 g/mol. The smallest absolute Gasteiger partial charge is 0.237 e. The minimum absolute atomic E-state index is 0.0698. The van der Waals surface area contributed by atoms with E-state index in [2.05, 4.69) is 15.5 Å². The standard InChI is InChI=1S/C14H25N3O/c18-14(13-5-1-2-7-15-13)16-11-6-9-17-8-3-4-12(17)10-11/h11-13,15H,1-10H2,(H,16,18)/t11?,12?,13-/m1/s1. The number of fused-ring (bicyclic) bond motifs is 1. The highest BCUT2D eigenvalue weighted by Gasteiger charge is 2.33. The quantitative estimate of drug-likeness (QED) is 0.765. The van der Waals surface area contributed by atoms with E-state index < -0.39 is 0 Å². The van der Waals surface area contributed by atoms with E-state index in [-0.39, 0.29) is 11.9 Å². The maximum Gasteiger partial charge on any atom is 0.237 e. The van der Waals surface area contributed by atoms with Crippen molar-refractivity contribution in [2.75, 3.05) is 19.6 Å². The Labute approximate surface area is 109 Å². The van der Waals surface area contributed by atoms with Gasteiger partial charge in [-0.25, -0.2) is 0 Å². The van der Waals surface area contributed by atoms with Gasteiger partial charge in [0.05, 0.1) is 6.04 Å². The first-order valence-electron chi connectivity index (χ1n) is 7.61. The average Bonchev–Trinajstić information content (AvgIpc) is 2.87. The maximum atomic E-state index is 12.2. The molecule has 0 aliphatic carbocycles. The fraction of sp³-hybridized carbons (Fsp3) is 0.929. The molecule has 18 heavy (non-hydrogen) atoms. The zero-order valence-electron chi connectivity index (χ0n) is 11.2. The third kappa shape index (κ3) is 2.69. The SMILES string of the molecule is O=C(NC1CCN2CCCC2C1)[C@H]1CCCCN1. The Morgan fingerprint density at radius 1 is 1.11 bits per heavy atom. The first-order valence-corrected chi connectivity index (χ1v) is 7.61. The van der Waals surface area contributed by atoms with Crippen molar-refractivity contribution >= 4 is 5.91 Å². The molecular formula is C14H25N3O. The molecule has 0 aromatic rings. The van der Waals surface area contributed by atoms with Crippen molar-refractivity contribution < 1.29 is 4.79 Å². The fourth-order valence-electron chi connectivity index (χ4n) is 3.73. The van der Waals surface area contributed by atoms with Crippen molar-refractivity contribution in [2.24, 2.45) is 0 Å². The van der Waals surface area contributed by atoms with Gasteiger partial charge in [-0.1, -0.05) is 6.42 Å². The molecule has 2 N–H and O–H groups in total. The minimum Gasteiger partial charge on any atom is -0.352 e. The van der Waals surface area contributed by atoms with Crippen LogP contribution in [-0.4, -0.2) is 48.6 Å². The summed E-state index contributed by atoms with van der Waals surface area (Å²) in [7, 11) is 0. The van der Waals surface area contributed by atoms with E-state index in [4.69, 9.17) is 0 Å². The molecule has 0 aromatic heterocycles. The number of hydrogen-bond acceptors (Lipinski definition) is 3. The molecule has 3 atom stereocenters. The van der Waals surface area contributed by atoms with Crippen LogP contribution < -0.4 is 10.6 Å². The predicted molar refractivity (Wildman–Crippen MR) is 71.4 cm³/mol. The van der Waals surface area contributed by atoms with Crippen LogP contribution in [0.2, 0.25) is 0 Å². The van der Waals surface area contributed by atoms with Crippen LogP contribution in [0.15, 0.2) is 0 Å². The van der Waals surface area contributed by atoms with E-state index in [0.29, 0.717) is 6.04 Å². The predicted octanol–water partition coefficient (Wildman–Crippen LogP) is 0.871. The van der Waals surface area contributed by atoms with Crippen LogP contribution in [-0.2, 0) is 4.79 Å². The lowest BCUT2D eigenvalue weighted by molar-refractivity contribution is -0.124. The maximum absolute atomic E-state index is 12.2. The molecule has 3 rings (SSSR count). The number of carbonyl (C=O) groups is 1. The van der Waals surface area contributed by atoms with E-state index in [0.717, 1.165) is 25.4 Å². The summed E-state index contributed by atoms with van der Waals surface area (Å²) in [6.45, 7) is 3.45. The first-order chi connectivity index (χ1) is 8.83. The number of carbonyl (C=O) groups excluding carboxylic acids is 1. The van der Waals surface area contributed by atoms with Crippen LogP contribution in [0, 0.1) is 0 Å². The topological polar surface area (TPSA) is 44.4 Å². The van der Waals surface area contributed by atoms with Crippen LogP contribution in [0.1, 0.15) is 44.9 Å². The lowest BCUT2D eigenvalue weighted by atomic mass is 9.96. The molecule has 0 aromatic carbocycles. The highest BCUT2D eigenvalue weighted by molar-refractivity contribution is 5.82. The van der Waals surface area contributed by atoms with Crippen molar-refractivity contribution in [3.8, 4) is 0 Å². The molecule has 3 aliphatic rings. The van der Waals surface area contributed by atoms with Crippen molar-refractivity contribution in [2.45, 2.75) is 63.1 Å². The number of amides is 1. The molecule has 0 saturated carbocycles. The molecule has 3 saturated heterocycles. The summed E-state index contributed by atoms with van der Waals surface area (Å²) >= 11 is 0. The highest BCUT2D eigenvalue weighted by atomic mass is 16.2. The number of hydrogen-bond donors (Lipinski definition) is 2. The van der Waals surface area contributed by atoms with Crippen LogP contribution in [0.3, 0.4) is 0 Å². The van der Waals surface area contributed by atoms with Crippen molar-refractivity contribution in [3.63, 3.8) is 0 Å². The fourth-order valence-corrected chi connectivity index (χ4v) is 3.73. The van der Waals surface area contributed by atoms with Crippen LogP contribution in [0.5, 0.6) is 0 Å². The van der Waals surface area contributed by atoms with Gasteiger partial charge in [-0.15, -0.1) is 0 Å². The van der Waals surface area contributed by atoms with Crippen molar-refractivity contribution in [3.05, 3.63) is 0 Å². The Balaban J connectivity index is 1.48. The first kappa shape index (κ1) is 12.4. The van der Waals surface area contributed by atoms with Gasteiger partial charge in [0.2, 0.25) is 5.91 Å². The summed E-state index contributed by atoms with van der Waals surface area (Å²) in [4.78, 5) is 14.8. The third-order valence-corrected chi connectivity index (χ3v) is 4.79. The molecule has 3 fully saturated rings. The van der Waals surface area contributed by atoms with Crippen LogP contribution in [0.4, 0.5) is 0 Å². The van der Waals surface area contributed by atoms with Gasteiger partial charge in [-0.2, -0.15) is 0 Å². The van der Waals surface area contributed by atoms with Crippen molar-refractivity contribution in [1.82, 2.24) is 15.5 Å². The highest BCUT2D eigenvalue weighted by Crippen LogP contribution is 2.26. The number of rotatable bonds is 2. The third-order valence-electron chi connectivity index (χ3n) is 4.79. The Bertz CT molecular complexity index is 301. The zero-order valence-corrected chi connectivity index (χ0v) is 11.2. The second-order valence-electron chi connectivity index (χ2n) is 6.06. The van der Waals surface area contributed by atoms with Gasteiger partial charge < -0.3 is 15.5 Å². The lowest BCUT2D eigenvalue weighted by Gasteiger charge is -2.36. The normalized spacial score (nSPS) is 37.2. The van der Waals surface area contributed by atoms with E-state index in [1.165, 1.54) is 45.2 Å². The number of nitrogens with zero attached hydrogens (tertiary/aromatic N) is 1. The summed E-state index contributed by atoms with van der Waals surface area (Å²) < 4.78 is 0. The molecule has 0 bridgehead atoms. The van der Waals surface area contributed by atoms with E-state index in [1.54, 1.807) is 0 Å². The van der Waals surface area contributed by atoms with E-state index in [9.17, 15) is 4.79 Å². The van der Waals surface area contributed by atoms with Gasteiger partial charge in [0.1, 0.15) is 0 Å². The molecule has 0 spiro atoms. The van der Waals surface area contributed by atoms with Crippen molar-refractivity contribution in [1.29, 1.82) is 0 Å². The lowest BCUT2D eigenvalue weighted by Crippen LogP contribution is -2.53. The van der Waals surface area contributed by atoms with Gasteiger partial charge >= 0.3 is 0 Å². The molecular weight excluding hydrogens is 226 g/mol. The van der Waals surface area contributed by atoms with Crippen LogP contribution in [0.25, 0.3) is 0 Å². The summed E-state index contributed by atoms with van der Waals surface area (Å²) in [5, 5.41) is 6.61. The van der Waals surface area contributed by atoms with Gasteiger partial charge in [-0.05, 0) is 51.6 Å². The summed E-state index contributed by atoms with van der Waals surface area (Å²) in [5.74, 6) is 0.242. The average molecular weight is 251 g/mol.